The highest BCUT2D eigenvalue weighted by Gasteiger charge is 2.22. The Labute approximate surface area is 115 Å². The van der Waals surface area contributed by atoms with Crippen LogP contribution in [-0.2, 0) is 10.0 Å². The zero-order valence-electron chi connectivity index (χ0n) is 12.0. The maximum Gasteiger partial charge on any atom is 0.241 e. The van der Waals surface area contributed by atoms with Crippen LogP contribution >= 0.6 is 0 Å². The minimum absolute atomic E-state index is 0.0209. The highest BCUT2D eigenvalue weighted by Crippen LogP contribution is 2.22. The van der Waals surface area contributed by atoms with Crippen molar-refractivity contribution in [1.82, 2.24) is 4.72 Å². The summed E-state index contributed by atoms with van der Waals surface area (Å²) in [5, 5.41) is 8.95. The van der Waals surface area contributed by atoms with Gasteiger partial charge in [-0.15, -0.1) is 0 Å². The Morgan fingerprint density at radius 2 is 1.74 bits per heavy atom. The van der Waals surface area contributed by atoms with Gasteiger partial charge in [0.2, 0.25) is 10.0 Å². The van der Waals surface area contributed by atoms with Crippen molar-refractivity contribution in [2.24, 2.45) is 0 Å². The number of hydrogen-bond acceptors (Lipinski definition) is 3. The van der Waals surface area contributed by atoms with Crippen molar-refractivity contribution >= 4 is 10.0 Å². The number of nitrogens with one attached hydrogen (secondary N) is 1. The van der Waals surface area contributed by atoms with E-state index in [2.05, 4.69) is 4.72 Å². The second kappa shape index (κ2) is 6.50. The predicted octanol–water partition coefficient (Wildman–Crippen LogP) is 2.05. The fraction of sp³-hybridized carbons (Fsp3) is 0.571. The van der Waals surface area contributed by atoms with Crippen molar-refractivity contribution in [1.29, 1.82) is 0 Å². The van der Waals surface area contributed by atoms with Crippen molar-refractivity contribution < 1.29 is 13.5 Å². The number of hydrogen-bond donors (Lipinski definition) is 2. The van der Waals surface area contributed by atoms with Crippen LogP contribution in [0.15, 0.2) is 17.0 Å². The number of aliphatic hydroxyl groups excluding tert-OH is 1. The summed E-state index contributed by atoms with van der Waals surface area (Å²) >= 11 is 0. The first kappa shape index (κ1) is 16.1. The van der Waals surface area contributed by atoms with E-state index < -0.39 is 10.0 Å². The molecule has 0 amide bonds. The Hall–Kier alpha value is -0.910. The topological polar surface area (TPSA) is 66.4 Å². The summed E-state index contributed by atoms with van der Waals surface area (Å²) in [6, 6.07) is 3.51. The van der Waals surface area contributed by atoms with E-state index in [1.165, 1.54) is 0 Å². The predicted molar refractivity (Wildman–Crippen MR) is 76.8 cm³/mol. The Bertz CT molecular complexity index is 515. The van der Waals surface area contributed by atoms with Gasteiger partial charge in [0, 0.05) is 12.6 Å². The van der Waals surface area contributed by atoms with Crippen molar-refractivity contribution in [3.05, 3.63) is 28.8 Å². The summed E-state index contributed by atoms with van der Waals surface area (Å²) in [5.74, 6) is 0. The van der Waals surface area contributed by atoms with E-state index in [0.717, 1.165) is 16.7 Å². The van der Waals surface area contributed by atoms with E-state index in [0.29, 0.717) is 17.7 Å². The van der Waals surface area contributed by atoms with Crippen LogP contribution in [0.3, 0.4) is 0 Å². The fourth-order valence-corrected chi connectivity index (χ4v) is 4.18. The van der Waals surface area contributed by atoms with Crippen LogP contribution in [-0.4, -0.2) is 26.2 Å². The molecule has 0 aromatic heterocycles. The lowest BCUT2D eigenvalue weighted by molar-refractivity contribution is 0.270. The second-order valence-electron chi connectivity index (χ2n) is 4.97. The number of sulfonamides is 1. The first-order valence-electron chi connectivity index (χ1n) is 6.52. The van der Waals surface area contributed by atoms with E-state index >= 15 is 0 Å². The molecule has 0 aliphatic carbocycles. The first-order valence-corrected chi connectivity index (χ1v) is 8.01. The maximum atomic E-state index is 12.4. The molecule has 1 rings (SSSR count). The smallest absolute Gasteiger partial charge is 0.241 e. The van der Waals surface area contributed by atoms with Crippen molar-refractivity contribution in [3.63, 3.8) is 0 Å². The highest BCUT2D eigenvalue weighted by atomic mass is 32.2. The van der Waals surface area contributed by atoms with Crippen molar-refractivity contribution in [3.8, 4) is 0 Å². The average Bonchev–Trinajstić information content (AvgIpc) is 2.25. The molecule has 1 aromatic rings. The maximum absolute atomic E-state index is 12.4. The number of benzene rings is 1. The van der Waals surface area contributed by atoms with Gasteiger partial charge in [0.1, 0.15) is 0 Å². The van der Waals surface area contributed by atoms with Crippen LogP contribution in [0.4, 0.5) is 0 Å². The van der Waals surface area contributed by atoms with Gasteiger partial charge in [-0.1, -0.05) is 24.6 Å². The van der Waals surface area contributed by atoms with Crippen LogP contribution in [0.5, 0.6) is 0 Å². The molecule has 0 saturated heterocycles. The second-order valence-corrected chi connectivity index (χ2v) is 6.62. The third kappa shape index (κ3) is 4.03. The minimum Gasteiger partial charge on any atom is -0.396 e. The van der Waals surface area contributed by atoms with Crippen LogP contribution in [0, 0.1) is 20.8 Å². The zero-order valence-corrected chi connectivity index (χ0v) is 12.8. The summed E-state index contributed by atoms with van der Waals surface area (Å²) in [6.45, 7) is 7.44. The molecule has 0 heterocycles. The molecule has 1 aromatic carbocycles. The lowest BCUT2D eigenvalue weighted by Crippen LogP contribution is -2.35. The Balaban J connectivity index is 3.14. The average molecular weight is 285 g/mol. The molecule has 1 unspecified atom stereocenters. The number of aryl methyl sites for hydroxylation is 3. The van der Waals surface area contributed by atoms with Crippen LogP contribution in [0.25, 0.3) is 0 Å². The molecular weight excluding hydrogens is 262 g/mol. The van der Waals surface area contributed by atoms with Gasteiger partial charge in [0.25, 0.3) is 0 Å². The first-order chi connectivity index (χ1) is 8.81. The standard InChI is InChI=1S/C14H23NO3S/c1-5-13(6-7-16)15-19(17,18)14-11(3)8-10(2)9-12(14)4/h8-9,13,15-16H,5-7H2,1-4H3. The summed E-state index contributed by atoms with van der Waals surface area (Å²) < 4.78 is 27.5. The van der Waals surface area contributed by atoms with E-state index in [1.54, 1.807) is 0 Å². The molecule has 4 nitrogen and oxygen atoms in total. The third-order valence-corrected chi connectivity index (χ3v) is 4.99. The largest absolute Gasteiger partial charge is 0.396 e. The van der Waals surface area contributed by atoms with E-state index in [-0.39, 0.29) is 12.6 Å². The summed E-state index contributed by atoms with van der Waals surface area (Å²) in [5.41, 5.74) is 2.56. The molecule has 2 N–H and O–H groups in total. The number of rotatable bonds is 6. The van der Waals surface area contributed by atoms with Crippen LogP contribution < -0.4 is 4.72 Å². The van der Waals surface area contributed by atoms with E-state index in [9.17, 15) is 8.42 Å². The Kier molecular flexibility index (Phi) is 5.52. The van der Waals surface area contributed by atoms with Gasteiger partial charge in [-0.2, -0.15) is 0 Å². The fourth-order valence-electron chi connectivity index (χ4n) is 2.37. The molecule has 0 spiro atoms. The number of aliphatic hydroxyl groups is 1. The van der Waals surface area contributed by atoms with Crippen molar-refractivity contribution in [2.45, 2.75) is 51.5 Å². The van der Waals surface area contributed by atoms with Gasteiger partial charge in [-0.05, 0) is 44.7 Å². The molecule has 1 atom stereocenters. The van der Waals surface area contributed by atoms with E-state index in [4.69, 9.17) is 5.11 Å². The normalized spacial score (nSPS) is 13.5. The summed E-state index contributed by atoms with van der Waals surface area (Å²) in [6.07, 6.45) is 1.09. The molecule has 0 aliphatic heterocycles. The van der Waals surface area contributed by atoms with Gasteiger partial charge < -0.3 is 5.11 Å². The van der Waals surface area contributed by atoms with Gasteiger partial charge in [-0.25, -0.2) is 13.1 Å². The quantitative estimate of drug-likeness (QED) is 0.840. The summed E-state index contributed by atoms with van der Waals surface area (Å²) in [4.78, 5) is 0.356. The lowest BCUT2D eigenvalue weighted by atomic mass is 10.1. The Morgan fingerprint density at radius 1 is 1.21 bits per heavy atom. The Morgan fingerprint density at radius 3 is 2.16 bits per heavy atom. The highest BCUT2D eigenvalue weighted by molar-refractivity contribution is 7.89. The molecule has 5 heteroatoms. The van der Waals surface area contributed by atoms with Crippen LogP contribution in [0.1, 0.15) is 36.5 Å². The van der Waals surface area contributed by atoms with Gasteiger partial charge in [-0.3, -0.25) is 0 Å². The monoisotopic (exact) mass is 285 g/mol. The third-order valence-electron chi connectivity index (χ3n) is 3.17. The lowest BCUT2D eigenvalue weighted by Gasteiger charge is -2.18. The molecule has 0 bridgehead atoms. The van der Waals surface area contributed by atoms with Gasteiger partial charge in [0.05, 0.1) is 4.90 Å². The van der Waals surface area contributed by atoms with E-state index in [1.807, 2.05) is 39.8 Å². The summed E-state index contributed by atoms with van der Waals surface area (Å²) in [7, 11) is -3.53. The molecule has 19 heavy (non-hydrogen) atoms. The van der Waals surface area contributed by atoms with Crippen LogP contribution in [0.2, 0.25) is 0 Å². The van der Waals surface area contributed by atoms with Gasteiger partial charge in [0.15, 0.2) is 0 Å². The molecule has 0 radical (unpaired) electrons. The minimum atomic E-state index is -3.53. The SMILES string of the molecule is CCC(CCO)NS(=O)(=O)c1c(C)cc(C)cc1C. The van der Waals surface area contributed by atoms with Gasteiger partial charge >= 0.3 is 0 Å². The van der Waals surface area contributed by atoms with Crippen molar-refractivity contribution in [2.75, 3.05) is 6.61 Å². The molecule has 0 fully saturated rings. The molecule has 108 valence electrons. The molecular formula is C14H23NO3S. The molecule has 0 saturated carbocycles. The molecule has 0 aliphatic rings. The zero-order chi connectivity index (χ0) is 14.6.